The SMILES string of the molecule is O=C(c1cc(-c2ccccc2)on1)N1CCN(c2nc3ccc([N+](=O)[O-])cc3s2)CC1. The number of non-ortho nitro benzene ring substituents is 1. The van der Waals surface area contributed by atoms with Crippen molar-refractivity contribution in [3.05, 3.63) is 70.4 Å². The summed E-state index contributed by atoms with van der Waals surface area (Å²) in [6, 6.07) is 15.9. The predicted molar refractivity (Wildman–Crippen MR) is 116 cm³/mol. The van der Waals surface area contributed by atoms with Gasteiger partial charge in [-0.15, -0.1) is 0 Å². The number of carbonyl (C=O) groups is 1. The number of rotatable bonds is 4. The quantitative estimate of drug-likeness (QED) is 0.354. The van der Waals surface area contributed by atoms with E-state index >= 15 is 0 Å². The summed E-state index contributed by atoms with van der Waals surface area (Å²) < 4.78 is 6.13. The first-order valence-corrected chi connectivity index (χ1v) is 10.5. The van der Waals surface area contributed by atoms with Crippen molar-refractivity contribution in [1.82, 2.24) is 15.0 Å². The Kier molecular flexibility index (Phi) is 4.83. The zero-order valence-corrected chi connectivity index (χ0v) is 17.1. The molecule has 5 rings (SSSR count). The normalized spacial score (nSPS) is 14.2. The van der Waals surface area contributed by atoms with Crippen LogP contribution in [-0.4, -0.2) is 52.1 Å². The summed E-state index contributed by atoms with van der Waals surface area (Å²) in [6.45, 7) is 2.30. The Bertz CT molecular complexity index is 1260. The van der Waals surface area contributed by atoms with Gasteiger partial charge >= 0.3 is 0 Å². The second kappa shape index (κ2) is 7.80. The number of piperazine rings is 1. The molecule has 2 aromatic heterocycles. The van der Waals surface area contributed by atoms with E-state index in [1.54, 1.807) is 23.1 Å². The highest BCUT2D eigenvalue weighted by Crippen LogP contribution is 2.32. The van der Waals surface area contributed by atoms with Crippen LogP contribution in [0.1, 0.15) is 10.5 Å². The van der Waals surface area contributed by atoms with E-state index < -0.39 is 4.92 Å². The van der Waals surface area contributed by atoms with Crippen LogP contribution in [-0.2, 0) is 0 Å². The molecule has 0 saturated carbocycles. The lowest BCUT2D eigenvalue weighted by molar-refractivity contribution is -0.384. The van der Waals surface area contributed by atoms with E-state index in [2.05, 4.69) is 15.0 Å². The van der Waals surface area contributed by atoms with Gasteiger partial charge in [-0.25, -0.2) is 4.98 Å². The number of nitro groups is 1. The molecular formula is C21H17N5O4S. The number of benzene rings is 2. The van der Waals surface area contributed by atoms with E-state index in [0.717, 1.165) is 20.9 Å². The third-order valence-corrected chi connectivity index (χ3v) is 6.28. The van der Waals surface area contributed by atoms with Crippen LogP contribution < -0.4 is 4.90 Å². The molecule has 0 aliphatic carbocycles. The standard InChI is InChI=1S/C21H17N5O4S/c27-20(17-13-18(30-23-17)14-4-2-1-3-5-14)24-8-10-25(11-9-24)21-22-16-7-6-15(26(28)29)12-19(16)31-21/h1-7,12-13H,8-11H2. The van der Waals surface area contributed by atoms with Gasteiger partial charge in [0.1, 0.15) is 0 Å². The smallest absolute Gasteiger partial charge is 0.276 e. The number of amides is 1. The minimum absolute atomic E-state index is 0.0561. The molecule has 0 bridgehead atoms. The summed E-state index contributed by atoms with van der Waals surface area (Å²) >= 11 is 1.42. The van der Waals surface area contributed by atoms with Gasteiger partial charge in [0.2, 0.25) is 0 Å². The van der Waals surface area contributed by atoms with Crippen LogP contribution in [0.25, 0.3) is 21.5 Å². The fourth-order valence-electron chi connectivity index (χ4n) is 3.53. The maximum absolute atomic E-state index is 12.8. The van der Waals surface area contributed by atoms with Gasteiger partial charge in [0.25, 0.3) is 11.6 Å². The summed E-state index contributed by atoms with van der Waals surface area (Å²) in [5.41, 5.74) is 1.95. The van der Waals surface area contributed by atoms with Crippen molar-refractivity contribution in [3.8, 4) is 11.3 Å². The van der Waals surface area contributed by atoms with Gasteiger partial charge in [-0.3, -0.25) is 14.9 Å². The fraction of sp³-hybridized carbons (Fsp3) is 0.190. The number of nitrogens with zero attached hydrogens (tertiary/aromatic N) is 5. The van der Waals surface area contributed by atoms with Crippen molar-refractivity contribution in [2.45, 2.75) is 0 Å². The first kappa shape index (κ1) is 19.2. The minimum Gasteiger partial charge on any atom is -0.355 e. The number of fused-ring (bicyclic) bond motifs is 1. The van der Waals surface area contributed by atoms with E-state index in [-0.39, 0.29) is 11.6 Å². The van der Waals surface area contributed by atoms with Crippen molar-refractivity contribution >= 4 is 38.3 Å². The Morgan fingerprint density at radius 3 is 2.58 bits per heavy atom. The molecule has 1 fully saturated rings. The molecule has 4 aromatic rings. The molecule has 2 aromatic carbocycles. The molecule has 0 spiro atoms. The van der Waals surface area contributed by atoms with Gasteiger partial charge in [-0.1, -0.05) is 46.8 Å². The Labute approximate surface area is 180 Å². The molecule has 156 valence electrons. The summed E-state index contributed by atoms with van der Waals surface area (Å²) in [7, 11) is 0. The zero-order valence-electron chi connectivity index (χ0n) is 16.3. The van der Waals surface area contributed by atoms with Crippen molar-refractivity contribution in [3.63, 3.8) is 0 Å². The molecule has 0 N–H and O–H groups in total. The average Bonchev–Trinajstić information content (AvgIpc) is 3.46. The van der Waals surface area contributed by atoms with Gasteiger partial charge < -0.3 is 14.3 Å². The van der Waals surface area contributed by atoms with Crippen LogP contribution in [0, 0.1) is 10.1 Å². The van der Waals surface area contributed by atoms with Crippen LogP contribution in [0.2, 0.25) is 0 Å². The highest BCUT2D eigenvalue weighted by Gasteiger charge is 2.26. The zero-order chi connectivity index (χ0) is 21.4. The maximum Gasteiger partial charge on any atom is 0.276 e. The largest absolute Gasteiger partial charge is 0.355 e. The molecule has 1 amide bonds. The number of anilines is 1. The van der Waals surface area contributed by atoms with Crippen LogP contribution in [0.3, 0.4) is 0 Å². The van der Waals surface area contributed by atoms with Crippen LogP contribution in [0.15, 0.2) is 59.1 Å². The van der Waals surface area contributed by atoms with Gasteiger partial charge in [-0.2, -0.15) is 0 Å². The number of hydrogen-bond acceptors (Lipinski definition) is 8. The monoisotopic (exact) mass is 435 g/mol. The minimum atomic E-state index is -0.406. The van der Waals surface area contributed by atoms with Crippen LogP contribution >= 0.6 is 11.3 Å². The van der Waals surface area contributed by atoms with Crippen LogP contribution in [0.5, 0.6) is 0 Å². The van der Waals surface area contributed by atoms with Gasteiger partial charge in [0, 0.05) is 49.9 Å². The third kappa shape index (κ3) is 3.73. The first-order valence-electron chi connectivity index (χ1n) is 9.70. The summed E-state index contributed by atoms with van der Waals surface area (Å²) in [5, 5.41) is 15.7. The molecule has 9 nitrogen and oxygen atoms in total. The molecule has 0 atom stereocenters. The third-order valence-electron chi connectivity index (χ3n) is 5.20. The molecular weight excluding hydrogens is 418 g/mol. The summed E-state index contributed by atoms with van der Waals surface area (Å²) in [5.74, 6) is 0.400. The fourth-order valence-corrected chi connectivity index (χ4v) is 4.58. The molecule has 1 saturated heterocycles. The maximum atomic E-state index is 12.8. The van der Waals surface area contributed by atoms with Crippen molar-refractivity contribution < 1.29 is 14.2 Å². The molecule has 0 unspecified atom stereocenters. The average molecular weight is 435 g/mol. The van der Waals surface area contributed by atoms with E-state index in [1.807, 2.05) is 30.3 Å². The molecule has 10 heteroatoms. The van der Waals surface area contributed by atoms with E-state index in [9.17, 15) is 14.9 Å². The van der Waals surface area contributed by atoms with E-state index in [4.69, 9.17) is 4.52 Å². The van der Waals surface area contributed by atoms with E-state index in [1.165, 1.54) is 17.4 Å². The van der Waals surface area contributed by atoms with E-state index in [0.29, 0.717) is 37.6 Å². The molecule has 0 radical (unpaired) electrons. The Morgan fingerprint density at radius 2 is 1.84 bits per heavy atom. The van der Waals surface area contributed by atoms with Crippen molar-refractivity contribution in [2.24, 2.45) is 0 Å². The topological polar surface area (TPSA) is 106 Å². The van der Waals surface area contributed by atoms with Crippen molar-refractivity contribution in [1.29, 1.82) is 0 Å². The lowest BCUT2D eigenvalue weighted by Crippen LogP contribution is -2.48. The molecule has 31 heavy (non-hydrogen) atoms. The molecule has 3 heterocycles. The van der Waals surface area contributed by atoms with Crippen molar-refractivity contribution in [2.75, 3.05) is 31.1 Å². The predicted octanol–water partition coefficient (Wildman–Crippen LogP) is 3.82. The second-order valence-electron chi connectivity index (χ2n) is 7.13. The summed E-state index contributed by atoms with van der Waals surface area (Å²) in [6.07, 6.45) is 0. The highest BCUT2D eigenvalue weighted by molar-refractivity contribution is 7.22. The number of hydrogen-bond donors (Lipinski definition) is 0. The van der Waals surface area contributed by atoms with Gasteiger partial charge in [0.15, 0.2) is 16.6 Å². The van der Waals surface area contributed by atoms with Gasteiger partial charge in [0.05, 0.1) is 15.1 Å². The lowest BCUT2D eigenvalue weighted by Gasteiger charge is -2.34. The lowest BCUT2D eigenvalue weighted by atomic mass is 10.1. The Hall–Kier alpha value is -3.79. The second-order valence-corrected chi connectivity index (χ2v) is 8.14. The Morgan fingerprint density at radius 1 is 1.06 bits per heavy atom. The highest BCUT2D eigenvalue weighted by atomic mass is 32.1. The van der Waals surface area contributed by atoms with Crippen LogP contribution in [0.4, 0.5) is 10.8 Å². The number of carbonyl (C=O) groups excluding carboxylic acids is 1. The number of thiazole rings is 1. The molecule has 1 aliphatic heterocycles. The first-order chi connectivity index (χ1) is 15.1. The van der Waals surface area contributed by atoms with Gasteiger partial charge in [-0.05, 0) is 6.07 Å². The summed E-state index contributed by atoms with van der Waals surface area (Å²) in [4.78, 5) is 31.9. The Balaban J connectivity index is 1.26. The number of aromatic nitrogens is 2. The number of nitro benzene ring substituents is 1. The molecule has 1 aliphatic rings.